The molecule has 0 radical (unpaired) electrons. The van der Waals surface area contributed by atoms with Crippen LogP contribution in [-0.2, 0) is 4.79 Å². The molecule has 0 aliphatic rings. The van der Waals surface area contributed by atoms with E-state index < -0.39 is 23.2 Å². The normalized spacial score (nSPS) is 10.3. The molecule has 0 saturated heterocycles. The maximum Gasteiger partial charge on any atom is 0.221 e. The van der Waals surface area contributed by atoms with E-state index in [1.165, 1.54) is 19.3 Å². The molecule has 3 nitrogen and oxygen atoms in total. The summed E-state index contributed by atoms with van der Waals surface area (Å²) < 4.78 is 32.3. The number of amides is 1. The minimum Gasteiger partial charge on any atom is -0.464 e. The van der Waals surface area contributed by atoms with Crippen molar-refractivity contribution in [3.63, 3.8) is 0 Å². The highest BCUT2D eigenvalue weighted by molar-refractivity contribution is 5.89. The Hall–Kier alpha value is -2.17. The monoisotopic (exact) mass is 237 g/mol. The van der Waals surface area contributed by atoms with Crippen molar-refractivity contribution >= 4 is 11.6 Å². The van der Waals surface area contributed by atoms with Gasteiger partial charge in [0, 0.05) is 6.92 Å². The molecule has 0 saturated carbocycles. The van der Waals surface area contributed by atoms with Crippen LogP contribution in [0.3, 0.4) is 0 Å². The average molecular weight is 237 g/mol. The minimum absolute atomic E-state index is 0.0974. The smallest absolute Gasteiger partial charge is 0.221 e. The van der Waals surface area contributed by atoms with E-state index >= 15 is 0 Å². The summed E-state index contributed by atoms with van der Waals surface area (Å²) in [5.41, 5.74) is -0.369. The topological polar surface area (TPSA) is 42.2 Å². The van der Waals surface area contributed by atoms with E-state index in [0.717, 1.165) is 6.07 Å². The molecule has 1 aromatic heterocycles. The third-order valence-corrected chi connectivity index (χ3v) is 2.18. The van der Waals surface area contributed by atoms with Crippen LogP contribution in [0.25, 0.3) is 11.3 Å². The number of furan rings is 1. The van der Waals surface area contributed by atoms with E-state index in [1.807, 2.05) is 0 Å². The maximum atomic E-state index is 13.9. The van der Waals surface area contributed by atoms with E-state index in [9.17, 15) is 13.6 Å². The summed E-state index contributed by atoms with van der Waals surface area (Å²) in [7, 11) is 0. The lowest BCUT2D eigenvalue weighted by Crippen LogP contribution is -2.10. The molecule has 1 N–H and O–H groups in total. The molecule has 0 aliphatic carbocycles. The summed E-state index contributed by atoms with van der Waals surface area (Å²) in [5, 5.41) is 2.11. The van der Waals surface area contributed by atoms with Gasteiger partial charge >= 0.3 is 0 Å². The van der Waals surface area contributed by atoms with Gasteiger partial charge in [-0.2, -0.15) is 0 Å². The van der Waals surface area contributed by atoms with Crippen LogP contribution in [0.15, 0.2) is 34.9 Å². The highest BCUT2D eigenvalue weighted by Gasteiger charge is 2.17. The van der Waals surface area contributed by atoms with Gasteiger partial charge in [-0.15, -0.1) is 0 Å². The Bertz CT molecular complexity index is 550. The molecule has 17 heavy (non-hydrogen) atoms. The van der Waals surface area contributed by atoms with Crippen LogP contribution >= 0.6 is 0 Å². The summed E-state index contributed by atoms with van der Waals surface area (Å²) in [6.45, 7) is 1.18. The Morgan fingerprint density at radius 3 is 2.65 bits per heavy atom. The first-order valence-electron chi connectivity index (χ1n) is 4.89. The van der Waals surface area contributed by atoms with Crippen LogP contribution in [0.4, 0.5) is 14.5 Å². The van der Waals surface area contributed by atoms with Gasteiger partial charge in [-0.25, -0.2) is 8.78 Å². The Morgan fingerprint density at radius 1 is 1.29 bits per heavy atom. The van der Waals surface area contributed by atoms with Crippen LogP contribution in [0.2, 0.25) is 0 Å². The molecule has 0 spiro atoms. The molecule has 0 bridgehead atoms. The first-order chi connectivity index (χ1) is 8.09. The zero-order chi connectivity index (χ0) is 12.4. The number of nitrogens with one attached hydrogen (secondary N) is 1. The van der Waals surface area contributed by atoms with Gasteiger partial charge in [0.25, 0.3) is 0 Å². The first-order valence-corrected chi connectivity index (χ1v) is 4.89. The van der Waals surface area contributed by atoms with Crippen molar-refractivity contribution in [1.82, 2.24) is 0 Å². The SMILES string of the molecule is CC(=O)Nc1c(F)ccc(-c2ccco2)c1F. The number of rotatable bonds is 2. The summed E-state index contributed by atoms with van der Waals surface area (Å²) in [6.07, 6.45) is 1.39. The van der Waals surface area contributed by atoms with E-state index in [1.54, 1.807) is 12.1 Å². The number of anilines is 1. The molecule has 2 aromatic rings. The van der Waals surface area contributed by atoms with Crippen molar-refractivity contribution in [2.75, 3.05) is 5.32 Å². The lowest BCUT2D eigenvalue weighted by atomic mass is 10.1. The molecule has 1 aromatic carbocycles. The molecule has 0 fully saturated rings. The van der Waals surface area contributed by atoms with Crippen molar-refractivity contribution in [3.05, 3.63) is 42.2 Å². The second-order valence-corrected chi connectivity index (χ2v) is 3.44. The standard InChI is InChI=1S/C12H9F2NO2/c1-7(16)15-12-9(13)5-4-8(11(12)14)10-3-2-6-17-10/h2-6H,1H3,(H,15,16). The second-order valence-electron chi connectivity index (χ2n) is 3.44. The van der Waals surface area contributed by atoms with Crippen LogP contribution < -0.4 is 5.32 Å². The molecule has 0 aliphatic heterocycles. The number of carbonyl (C=O) groups excluding carboxylic acids is 1. The largest absolute Gasteiger partial charge is 0.464 e. The molecule has 1 heterocycles. The van der Waals surface area contributed by atoms with E-state index in [4.69, 9.17) is 4.42 Å². The Balaban J connectivity index is 2.53. The molecular weight excluding hydrogens is 228 g/mol. The predicted octanol–water partition coefficient (Wildman–Crippen LogP) is 3.18. The number of hydrogen-bond donors (Lipinski definition) is 1. The highest BCUT2D eigenvalue weighted by Crippen LogP contribution is 2.30. The molecular formula is C12H9F2NO2. The molecule has 1 amide bonds. The van der Waals surface area contributed by atoms with Crippen molar-refractivity contribution in [1.29, 1.82) is 0 Å². The van der Waals surface area contributed by atoms with Crippen molar-refractivity contribution in [3.8, 4) is 11.3 Å². The summed E-state index contributed by atoms with van der Waals surface area (Å²) >= 11 is 0. The third-order valence-electron chi connectivity index (χ3n) is 2.18. The van der Waals surface area contributed by atoms with Gasteiger partial charge < -0.3 is 9.73 Å². The van der Waals surface area contributed by atoms with Crippen molar-refractivity contribution in [2.24, 2.45) is 0 Å². The van der Waals surface area contributed by atoms with Gasteiger partial charge in [0.15, 0.2) is 5.82 Å². The van der Waals surface area contributed by atoms with Crippen LogP contribution in [0.1, 0.15) is 6.92 Å². The van der Waals surface area contributed by atoms with Crippen LogP contribution in [-0.4, -0.2) is 5.91 Å². The Morgan fingerprint density at radius 2 is 2.06 bits per heavy atom. The number of hydrogen-bond acceptors (Lipinski definition) is 2. The van der Waals surface area contributed by atoms with Gasteiger partial charge in [-0.3, -0.25) is 4.79 Å². The fraction of sp³-hybridized carbons (Fsp3) is 0.0833. The predicted molar refractivity (Wildman–Crippen MR) is 58.4 cm³/mol. The Labute approximate surface area is 96.1 Å². The third kappa shape index (κ3) is 2.18. The lowest BCUT2D eigenvalue weighted by molar-refractivity contribution is -0.114. The maximum absolute atomic E-state index is 13.9. The fourth-order valence-corrected chi connectivity index (χ4v) is 1.47. The molecule has 5 heteroatoms. The van der Waals surface area contributed by atoms with Crippen molar-refractivity contribution < 1.29 is 18.0 Å². The average Bonchev–Trinajstić information content (AvgIpc) is 2.77. The van der Waals surface area contributed by atoms with Crippen LogP contribution in [0, 0.1) is 11.6 Å². The molecule has 88 valence electrons. The second kappa shape index (κ2) is 4.37. The molecule has 0 atom stereocenters. The van der Waals surface area contributed by atoms with Gasteiger partial charge in [-0.1, -0.05) is 0 Å². The Kier molecular flexibility index (Phi) is 2.91. The van der Waals surface area contributed by atoms with E-state index in [-0.39, 0.29) is 11.3 Å². The quantitative estimate of drug-likeness (QED) is 0.871. The fourth-order valence-electron chi connectivity index (χ4n) is 1.47. The van der Waals surface area contributed by atoms with Crippen molar-refractivity contribution in [2.45, 2.75) is 6.92 Å². The first kappa shape index (κ1) is 11.3. The highest BCUT2D eigenvalue weighted by atomic mass is 19.1. The van der Waals surface area contributed by atoms with Crippen LogP contribution in [0.5, 0.6) is 0 Å². The minimum atomic E-state index is -0.852. The van der Waals surface area contributed by atoms with E-state index in [0.29, 0.717) is 0 Å². The van der Waals surface area contributed by atoms with Gasteiger partial charge in [0.1, 0.15) is 17.3 Å². The van der Waals surface area contributed by atoms with Gasteiger partial charge in [-0.05, 0) is 24.3 Å². The van der Waals surface area contributed by atoms with Gasteiger partial charge in [0.05, 0.1) is 11.8 Å². The zero-order valence-corrected chi connectivity index (χ0v) is 8.96. The van der Waals surface area contributed by atoms with E-state index in [2.05, 4.69) is 5.32 Å². The zero-order valence-electron chi connectivity index (χ0n) is 8.96. The summed E-state index contributed by atoms with van der Waals surface area (Å²) in [5.74, 6) is -1.95. The van der Waals surface area contributed by atoms with Gasteiger partial charge in [0.2, 0.25) is 5.91 Å². The number of benzene rings is 1. The molecule has 0 unspecified atom stereocenters. The molecule has 2 rings (SSSR count). The number of carbonyl (C=O) groups is 1. The number of halogens is 2. The summed E-state index contributed by atoms with van der Waals surface area (Å²) in [6, 6.07) is 5.48. The lowest BCUT2D eigenvalue weighted by Gasteiger charge is -2.08. The summed E-state index contributed by atoms with van der Waals surface area (Å²) in [4.78, 5) is 10.8.